The number of carbonyl (C=O) groups excluding carboxylic acids is 1. The van der Waals surface area contributed by atoms with E-state index in [2.05, 4.69) is 20.5 Å². The Kier molecular flexibility index (Phi) is 8.13. The van der Waals surface area contributed by atoms with Crippen LogP contribution < -0.4 is 16.4 Å². The van der Waals surface area contributed by atoms with Crippen molar-refractivity contribution in [3.8, 4) is 0 Å². The molecule has 1 saturated carbocycles. The summed E-state index contributed by atoms with van der Waals surface area (Å²) in [4.78, 5) is 20.5. The topological polar surface area (TPSA) is 83.3 Å². The van der Waals surface area contributed by atoms with Gasteiger partial charge in [0.05, 0.1) is 23.7 Å². The maximum atomic E-state index is 13.2. The van der Waals surface area contributed by atoms with E-state index in [4.69, 9.17) is 5.73 Å². The van der Waals surface area contributed by atoms with Crippen molar-refractivity contribution in [1.29, 1.82) is 0 Å². The summed E-state index contributed by atoms with van der Waals surface area (Å²) in [5.74, 6) is 0.472. The molecule has 6 nitrogen and oxygen atoms in total. The molecule has 1 aromatic heterocycles. The van der Waals surface area contributed by atoms with Crippen molar-refractivity contribution in [2.24, 2.45) is 5.73 Å². The number of nitrogens with one attached hydrogen (secondary N) is 2. The second kappa shape index (κ2) is 11.1. The average Bonchev–Trinajstić information content (AvgIpc) is 3.34. The lowest BCUT2D eigenvalue weighted by atomic mass is 9.83. The molecule has 1 aliphatic carbocycles. The molecule has 1 atom stereocenters. The Bertz CT molecular complexity index is 1010. The molecule has 2 heterocycles. The number of amides is 1. The lowest BCUT2D eigenvalue weighted by Gasteiger charge is -2.46. The summed E-state index contributed by atoms with van der Waals surface area (Å²) in [5, 5.41) is 6.09. The van der Waals surface area contributed by atoms with Crippen molar-refractivity contribution in [3.63, 3.8) is 0 Å². The quantitative estimate of drug-likeness (QED) is 0.497. The molecule has 1 aromatic carbocycles. The van der Waals surface area contributed by atoms with Crippen LogP contribution in [0.4, 0.5) is 13.2 Å². The third-order valence-corrected chi connectivity index (χ3v) is 8.01. The van der Waals surface area contributed by atoms with E-state index in [1.54, 1.807) is 24.3 Å². The molecule has 0 spiro atoms. The van der Waals surface area contributed by atoms with E-state index in [1.165, 1.54) is 42.8 Å². The van der Waals surface area contributed by atoms with Gasteiger partial charge in [-0.2, -0.15) is 13.2 Å². The smallest absolute Gasteiger partial charge is 0.405 e. The Hall–Kier alpha value is -2.43. The number of thiazole rings is 1. The summed E-state index contributed by atoms with van der Waals surface area (Å²) in [5.41, 5.74) is 7.65. The zero-order valence-corrected chi connectivity index (χ0v) is 20.5. The number of alkyl halides is 3. The van der Waals surface area contributed by atoms with Gasteiger partial charge in [0.15, 0.2) is 0 Å². The standard InChI is InChI=1S/C25H32F3N5OS/c1-16(22-10-19(25(26,27)28)5-2-17(22)8-9-29)31-12-24(34)32-20-13-33(14-20)21-6-3-18(4-7-21)23-11-30-15-35-23/h2,5,8-11,15-16,18,20-21,31H,3-4,6-7,12-14,29H2,1H3,(H,32,34)/b9-8-. The van der Waals surface area contributed by atoms with Gasteiger partial charge in [-0.05, 0) is 74.1 Å². The van der Waals surface area contributed by atoms with Crippen LogP contribution in [-0.2, 0) is 11.0 Å². The lowest BCUT2D eigenvalue weighted by Crippen LogP contribution is -2.63. The number of likely N-dealkylation sites (tertiary alicyclic amines) is 1. The first kappa shape index (κ1) is 25.7. The zero-order valence-electron chi connectivity index (χ0n) is 19.7. The summed E-state index contributed by atoms with van der Waals surface area (Å²) in [7, 11) is 0. The predicted molar refractivity (Wildman–Crippen MR) is 132 cm³/mol. The van der Waals surface area contributed by atoms with Gasteiger partial charge in [0, 0.05) is 36.2 Å². The van der Waals surface area contributed by atoms with E-state index < -0.39 is 17.8 Å². The fraction of sp³-hybridized carbons (Fsp3) is 0.520. The monoisotopic (exact) mass is 507 g/mol. The Balaban J connectivity index is 1.21. The van der Waals surface area contributed by atoms with Crippen LogP contribution in [0.3, 0.4) is 0 Å². The molecule has 2 aliphatic rings. The number of nitrogens with zero attached hydrogens (tertiary/aromatic N) is 2. The Morgan fingerprint density at radius 3 is 2.66 bits per heavy atom. The number of rotatable bonds is 8. The van der Waals surface area contributed by atoms with E-state index in [9.17, 15) is 18.0 Å². The molecule has 10 heteroatoms. The molecule has 1 aliphatic heterocycles. The van der Waals surface area contributed by atoms with E-state index in [-0.39, 0.29) is 18.5 Å². The summed E-state index contributed by atoms with van der Waals surface area (Å²) in [6.45, 7) is 3.45. The van der Waals surface area contributed by atoms with E-state index in [1.807, 2.05) is 11.7 Å². The van der Waals surface area contributed by atoms with Crippen molar-refractivity contribution in [2.75, 3.05) is 19.6 Å². The molecule has 1 amide bonds. The Labute approximate surface area is 207 Å². The highest BCUT2D eigenvalue weighted by Gasteiger charge is 2.36. The number of aromatic nitrogens is 1. The van der Waals surface area contributed by atoms with Gasteiger partial charge >= 0.3 is 6.18 Å². The molecule has 2 fully saturated rings. The Morgan fingerprint density at radius 1 is 1.29 bits per heavy atom. The number of carbonyl (C=O) groups is 1. The lowest BCUT2D eigenvalue weighted by molar-refractivity contribution is -0.137. The van der Waals surface area contributed by atoms with Crippen LogP contribution >= 0.6 is 11.3 Å². The van der Waals surface area contributed by atoms with Crippen LogP contribution in [0.25, 0.3) is 6.08 Å². The van der Waals surface area contributed by atoms with E-state index in [0.717, 1.165) is 25.2 Å². The Morgan fingerprint density at radius 2 is 2.03 bits per heavy atom. The minimum atomic E-state index is -4.44. The molecule has 2 aromatic rings. The normalized spacial score (nSPS) is 22.7. The van der Waals surface area contributed by atoms with Gasteiger partial charge in [0.2, 0.25) is 5.91 Å². The number of hydrogen-bond donors (Lipinski definition) is 3. The van der Waals surface area contributed by atoms with E-state index >= 15 is 0 Å². The second-order valence-electron chi connectivity index (χ2n) is 9.43. The first-order valence-corrected chi connectivity index (χ1v) is 12.9. The maximum absolute atomic E-state index is 13.2. The zero-order chi connectivity index (χ0) is 25.0. The highest BCUT2D eigenvalue weighted by atomic mass is 32.1. The third-order valence-electron chi connectivity index (χ3n) is 7.07. The van der Waals surface area contributed by atoms with Gasteiger partial charge in [-0.1, -0.05) is 6.07 Å². The molecule has 35 heavy (non-hydrogen) atoms. The van der Waals surface area contributed by atoms with E-state index in [0.29, 0.717) is 23.1 Å². The minimum Gasteiger partial charge on any atom is -0.405 e. The minimum absolute atomic E-state index is 0.0274. The molecular weight excluding hydrogens is 475 g/mol. The summed E-state index contributed by atoms with van der Waals surface area (Å²) in [6, 6.07) is 3.77. The van der Waals surface area contributed by atoms with Gasteiger partial charge in [0.25, 0.3) is 0 Å². The SMILES string of the molecule is CC(NCC(=O)NC1CN(C2CCC(c3cncs3)CC2)C1)c1cc(C(F)(F)F)ccc1/C=C\N. The van der Waals surface area contributed by atoms with Crippen molar-refractivity contribution in [3.05, 3.63) is 57.7 Å². The second-order valence-corrected chi connectivity index (χ2v) is 10.3. The number of halogens is 3. The van der Waals surface area contributed by atoms with Gasteiger partial charge in [-0.15, -0.1) is 11.3 Å². The molecule has 4 rings (SSSR count). The molecule has 1 unspecified atom stereocenters. The number of benzene rings is 1. The third kappa shape index (κ3) is 6.42. The van der Waals surface area contributed by atoms with Gasteiger partial charge in [0.1, 0.15) is 0 Å². The van der Waals surface area contributed by atoms with Crippen LogP contribution in [0.5, 0.6) is 0 Å². The molecule has 1 saturated heterocycles. The number of hydrogen-bond acceptors (Lipinski definition) is 6. The molecule has 0 bridgehead atoms. The van der Waals surface area contributed by atoms with Crippen molar-refractivity contribution in [1.82, 2.24) is 20.5 Å². The van der Waals surface area contributed by atoms with Crippen molar-refractivity contribution in [2.45, 2.75) is 62.8 Å². The maximum Gasteiger partial charge on any atom is 0.416 e. The summed E-state index contributed by atoms with van der Waals surface area (Å²) in [6.07, 6.45) is 5.09. The van der Waals surface area contributed by atoms with Crippen LogP contribution in [0.1, 0.15) is 66.1 Å². The first-order valence-electron chi connectivity index (χ1n) is 12.0. The van der Waals surface area contributed by atoms with Crippen LogP contribution in [0, 0.1) is 0 Å². The van der Waals surface area contributed by atoms with Gasteiger partial charge in [-0.3, -0.25) is 14.7 Å². The largest absolute Gasteiger partial charge is 0.416 e. The molecule has 0 radical (unpaired) electrons. The van der Waals surface area contributed by atoms with Crippen molar-refractivity contribution >= 4 is 23.3 Å². The van der Waals surface area contributed by atoms with Crippen LogP contribution in [-0.4, -0.2) is 47.5 Å². The fourth-order valence-electron chi connectivity index (χ4n) is 5.07. The highest BCUT2D eigenvalue weighted by molar-refractivity contribution is 7.09. The average molecular weight is 508 g/mol. The fourth-order valence-corrected chi connectivity index (χ4v) is 5.86. The van der Waals surface area contributed by atoms with Gasteiger partial charge < -0.3 is 16.4 Å². The predicted octanol–water partition coefficient (Wildman–Crippen LogP) is 4.27. The molecular formula is C25H32F3N5OS. The molecule has 4 N–H and O–H groups in total. The van der Waals surface area contributed by atoms with Crippen molar-refractivity contribution < 1.29 is 18.0 Å². The van der Waals surface area contributed by atoms with Crippen LogP contribution in [0.15, 0.2) is 36.1 Å². The summed E-state index contributed by atoms with van der Waals surface area (Å²) < 4.78 is 39.5. The highest BCUT2D eigenvalue weighted by Crippen LogP contribution is 2.37. The molecule has 190 valence electrons. The summed E-state index contributed by atoms with van der Waals surface area (Å²) >= 11 is 1.74. The van der Waals surface area contributed by atoms with Gasteiger partial charge in [-0.25, -0.2) is 0 Å². The number of nitrogens with two attached hydrogens (primary N) is 1. The first-order chi connectivity index (χ1) is 16.7. The van der Waals surface area contributed by atoms with Crippen LogP contribution in [0.2, 0.25) is 0 Å².